The van der Waals surface area contributed by atoms with Gasteiger partial charge in [-0.15, -0.1) is 0 Å². The number of nitrogens with zero attached hydrogens (tertiary/aromatic N) is 3. The number of aryl methyl sites for hydroxylation is 2. The predicted octanol–water partition coefficient (Wildman–Crippen LogP) is 9.34. The molecular formula is C46H77FN4O8. The van der Waals surface area contributed by atoms with Gasteiger partial charge in [-0.25, -0.2) is 14.2 Å². The van der Waals surface area contributed by atoms with E-state index in [2.05, 4.69) is 47.6 Å². The first kappa shape index (κ1) is 53.5. The molecule has 0 spiro atoms. The first-order chi connectivity index (χ1) is 27.6. The van der Waals surface area contributed by atoms with Gasteiger partial charge in [-0.3, -0.25) is 19.4 Å². The van der Waals surface area contributed by atoms with Crippen LogP contribution >= 0.6 is 0 Å². The average Bonchev–Trinajstić information content (AvgIpc) is 3.64. The Balaban J connectivity index is 0.000000596. The molecular weight excluding hydrogens is 756 g/mol. The zero-order chi connectivity index (χ0) is 45.0. The summed E-state index contributed by atoms with van der Waals surface area (Å²) in [4.78, 5) is 57.1. The van der Waals surface area contributed by atoms with Gasteiger partial charge >= 0.3 is 5.97 Å². The van der Waals surface area contributed by atoms with Gasteiger partial charge in [0, 0.05) is 67.3 Å². The molecule has 2 aliphatic heterocycles. The van der Waals surface area contributed by atoms with E-state index in [9.17, 15) is 14.4 Å². The third-order valence-electron chi connectivity index (χ3n) is 10.9. The number of imidazole rings is 1. The van der Waals surface area contributed by atoms with Crippen molar-refractivity contribution in [2.45, 2.75) is 191 Å². The van der Waals surface area contributed by atoms with Crippen LogP contribution in [0.15, 0.2) is 30.9 Å². The lowest BCUT2D eigenvalue weighted by Gasteiger charge is -2.39. The van der Waals surface area contributed by atoms with Crippen molar-refractivity contribution in [2.24, 2.45) is 35.3 Å². The maximum atomic E-state index is 15.7. The number of unbranched alkanes of at least 4 members (excludes halogenated alkanes) is 2. The maximum absolute atomic E-state index is 15.7. The Kier molecular flexibility index (Phi) is 24.1. The number of carboxylic acids is 1. The number of ether oxygens (including phenoxy) is 3. The fraction of sp³-hybridized carbons (Fsp3) is 0.739. The Morgan fingerprint density at radius 1 is 0.966 bits per heavy atom. The Morgan fingerprint density at radius 3 is 2.14 bits per heavy atom. The lowest BCUT2D eigenvalue weighted by molar-refractivity contribution is -0.231. The van der Waals surface area contributed by atoms with E-state index in [0.717, 1.165) is 37.3 Å². The summed E-state index contributed by atoms with van der Waals surface area (Å²) in [5, 5.41) is 7.42. The number of Topliss-reactive ketones (excluding diaryl/α,β-unsaturated/α-hetero) is 2. The number of rotatable bonds is 8. The summed E-state index contributed by atoms with van der Waals surface area (Å²) in [6.45, 7) is 24.5. The van der Waals surface area contributed by atoms with Gasteiger partial charge in [-0.2, -0.15) is 0 Å². The predicted molar refractivity (Wildman–Crippen MR) is 230 cm³/mol. The number of esters is 1. The zero-order valence-corrected chi connectivity index (χ0v) is 38.3. The van der Waals surface area contributed by atoms with E-state index >= 15 is 4.39 Å². The summed E-state index contributed by atoms with van der Waals surface area (Å²) in [5.74, 6) is -4.60. The average molecular weight is 833 g/mol. The molecule has 0 aliphatic carbocycles. The van der Waals surface area contributed by atoms with E-state index in [0.29, 0.717) is 32.1 Å². The number of nitrogens with two attached hydrogens (primary N) is 1. The van der Waals surface area contributed by atoms with Crippen LogP contribution < -0.4 is 5.73 Å². The normalized spacial score (nSPS) is 30.5. The fourth-order valence-corrected chi connectivity index (χ4v) is 7.34. The SMILES string of the molecule is CC(=O)O.CCC.CCCCCn1cnc(-c2ccc(C)nc2)c1.CC[C@@H]1CC(C)[C@@H](C)C(=O)[C@H](C)C[C@H](C)[C@H](O[C@H]2C[C@@H](N)C[C@@H](C)O2)[C@@H](C)C(=O)[C@](C)(F)C(=O)O1. The van der Waals surface area contributed by atoms with Crippen molar-refractivity contribution in [1.82, 2.24) is 14.5 Å². The van der Waals surface area contributed by atoms with Gasteiger partial charge < -0.3 is 29.6 Å². The van der Waals surface area contributed by atoms with Crippen LogP contribution in [0.3, 0.4) is 0 Å². The molecule has 12 nitrogen and oxygen atoms in total. The lowest BCUT2D eigenvalue weighted by atomic mass is 9.76. The van der Waals surface area contributed by atoms with E-state index in [-0.39, 0.29) is 41.6 Å². The van der Waals surface area contributed by atoms with Gasteiger partial charge in [0.25, 0.3) is 11.6 Å². The van der Waals surface area contributed by atoms with Crippen LogP contribution in [0.4, 0.5) is 4.39 Å². The Bertz CT molecular complexity index is 1540. The van der Waals surface area contributed by atoms with Crippen LogP contribution in [0.1, 0.15) is 147 Å². The third kappa shape index (κ3) is 18.3. The van der Waals surface area contributed by atoms with E-state index in [1.165, 1.54) is 25.7 Å². The van der Waals surface area contributed by atoms with Crippen LogP contribution in [-0.2, 0) is 39.9 Å². The highest BCUT2D eigenvalue weighted by Gasteiger charge is 2.49. The van der Waals surface area contributed by atoms with Crippen LogP contribution in [0.25, 0.3) is 11.3 Å². The summed E-state index contributed by atoms with van der Waals surface area (Å²) in [5.41, 5.74) is 6.47. The van der Waals surface area contributed by atoms with Crippen molar-refractivity contribution in [3.8, 4) is 11.3 Å². The summed E-state index contributed by atoms with van der Waals surface area (Å²) in [6.07, 6.45) is 11.3. The number of carbonyl (C=O) groups excluding carboxylic acids is 3. The van der Waals surface area contributed by atoms with E-state index in [4.69, 9.17) is 29.8 Å². The number of alkyl halides is 1. The quantitative estimate of drug-likeness (QED) is 0.147. The molecule has 336 valence electrons. The molecule has 2 aromatic heterocycles. The number of hydrogen-bond acceptors (Lipinski definition) is 10. The third-order valence-corrected chi connectivity index (χ3v) is 10.9. The second-order valence-electron chi connectivity index (χ2n) is 16.9. The summed E-state index contributed by atoms with van der Waals surface area (Å²) in [6, 6.07) is 3.98. The number of cyclic esters (lactones) is 1. The molecule has 0 amide bonds. The summed E-state index contributed by atoms with van der Waals surface area (Å²) < 4.78 is 35.5. The van der Waals surface area contributed by atoms with Crippen molar-refractivity contribution in [2.75, 3.05) is 0 Å². The molecule has 4 rings (SSSR count). The van der Waals surface area contributed by atoms with Crippen LogP contribution in [-0.4, -0.2) is 79.5 Å². The molecule has 3 N–H and O–H groups in total. The minimum absolute atomic E-state index is 0.0629. The minimum Gasteiger partial charge on any atom is -0.481 e. The Hall–Kier alpha value is -3.55. The molecule has 0 aromatic carbocycles. The molecule has 2 fully saturated rings. The summed E-state index contributed by atoms with van der Waals surface area (Å²) in [7, 11) is 0. The van der Waals surface area contributed by atoms with Crippen molar-refractivity contribution in [3.63, 3.8) is 0 Å². The van der Waals surface area contributed by atoms with Gasteiger partial charge in [0.1, 0.15) is 11.9 Å². The molecule has 13 heteroatoms. The first-order valence-corrected chi connectivity index (χ1v) is 21.8. The van der Waals surface area contributed by atoms with Crippen molar-refractivity contribution in [3.05, 3.63) is 36.5 Å². The van der Waals surface area contributed by atoms with Gasteiger partial charge in [0.05, 0.1) is 24.2 Å². The largest absolute Gasteiger partial charge is 0.481 e. The highest BCUT2D eigenvalue weighted by molar-refractivity contribution is 6.07. The summed E-state index contributed by atoms with van der Waals surface area (Å²) >= 11 is 0. The highest BCUT2D eigenvalue weighted by Crippen LogP contribution is 2.35. The van der Waals surface area contributed by atoms with Crippen LogP contribution in [0.2, 0.25) is 0 Å². The molecule has 2 saturated heterocycles. The minimum atomic E-state index is -2.81. The molecule has 1 unspecified atom stereocenters. The molecule has 2 aromatic rings. The monoisotopic (exact) mass is 833 g/mol. The number of carbonyl (C=O) groups is 4. The Morgan fingerprint density at radius 2 is 1.59 bits per heavy atom. The second kappa shape index (κ2) is 26.6. The molecule has 11 atom stereocenters. The van der Waals surface area contributed by atoms with Crippen molar-refractivity contribution >= 4 is 23.5 Å². The zero-order valence-electron chi connectivity index (χ0n) is 38.3. The van der Waals surface area contributed by atoms with Crippen molar-refractivity contribution in [1.29, 1.82) is 0 Å². The van der Waals surface area contributed by atoms with E-state index in [1.54, 1.807) is 6.92 Å². The molecule has 59 heavy (non-hydrogen) atoms. The number of carboxylic acid groups (broad SMARTS) is 1. The highest BCUT2D eigenvalue weighted by atomic mass is 19.1. The topological polar surface area (TPSA) is 173 Å². The van der Waals surface area contributed by atoms with Crippen LogP contribution in [0.5, 0.6) is 0 Å². The van der Waals surface area contributed by atoms with Gasteiger partial charge in [-0.05, 0) is 76.8 Å². The number of ketones is 2. The van der Waals surface area contributed by atoms with Gasteiger partial charge in [0.2, 0.25) is 0 Å². The number of aromatic nitrogens is 3. The lowest BCUT2D eigenvalue weighted by Crippen LogP contribution is -2.51. The fourth-order valence-electron chi connectivity index (χ4n) is 7.34. The van der Waals surface area contributed by atoms with Crippen molar-refractivity contribution < 1.29 is 42.9 Å². The smallest absolute Gasteiger partial charge is 0.351 e. The number of hydrogen-bond donors (Lipinski definition) is 2. The molecule has 0 saturated carbocycles. The number of halogens is 1. The van der Waals surface area contributed by atoms with Crippen LogP contribution in [0, 0.1) is 36.5 Å². The standard InChI is InChI=1S/C27H46FNO6.C14H19N3.C3H8.C2H4O2/c1-9-21-11-14(2)18(6)23(30)15(3)10-16(4)24(35-22-13-20(29)12-17(5)33-22)19(7)25(31)27(8,28)26(32)34-21;1-3-4-5-8-17-10-14(16-11-17)13-7-6-12(2)15-9-13;1-3-2;1-2(3)4/h14-22,24H,9-13,29H2,1-8H3;6-7,9-11H,3-5,8H2,1-2H3;3H2,1-2H3;1H3,(H,3,4)/t14?,15-,16+,17-,18-,19-,20+,21-,22+,24+,27+;;;/m1.../s1. The molecule has 0 radical (unpaired) electrons. The maximum Gasteiger partial charge on any atom is 0.351 e. The second-order valence-corrected chi connectivity index (χ2v) is 16.9. The van der Waals surface area contributed by atoms with Gasteiger partial charge in [-0.1, -0.05) is 81.6 Å². The number of pyridine rings is 1. The van der Waals surface area contributed by atoms with E-state index in [1.807, 2.05) is 67.1 Å². The first-order valence-electron chi connectivity index (χ1n) is 21.8. The Labute approximate surface area is 354 Å². The number of aliphatic carboxylic acids is 1. The van der Waals surface area contributed by atoms with E-state index < -0.39 is 47.8 Å². The molecule has 4 heterocycles. The molecule has 0 bridgehead atoms. The van der Waals surface area contributed by atoms with Gasteiger partial charge in [0.15, 0.2) is 12.1 Å². The molecule has 2 aliphatic rings.